The predicted octanol–water partition coefficient (Wildman–Crippen LogP) is 0.618. The van der Waals surface area contributed by atoms with Crippen LogP contribution in [0.3, 0.4) is 0 Å². The van der Waals surface area contributed by atoms with Gasteiger partial charge in [0, 0.05) is 0 Å². The molecule has 1 heterocycles. The Labute approximate surface area is 75.6 Å². The van der Waals surface area contributed by atoms with Crippen molar-refractivity contribution in [1.29, 1.82) is 0 Å². The fraction of sp³-hybridized carbons (Fsp3) is 0.222. The zero-order valence-corrected chi connectivity index (χ0v) is 9.22. The number of hydrogen-bond donors (Lipinski definition) is 0. The van der Waals surface area contributed by atoms with Gasteiger partial charge in [-0.3, -0.25) is 0 Å². The summed E-state index contributed by atoms with van der Waals surface area (Å²) in [6.45, 7) is 3.09. The van der Waals surface area contributed by atoms with E-state index in [4.69, 9.17) is 0 Å². The van der Waals surface area contributed by atoms with Crippen molar-refractivity contribution in [2.24, 2.45) is 0 Å². The Bertz CT molecular complexity index is 289. The summed E-state index contributed by atoms with van der Waals surface area (Å²) in [5, 5.41) is 0. The maximum absolute atomic E-state index is 11.1. The topological polar surface area (TPSA) is 34.1 Å². The third-order valence-corrected chi connectivity index (χ3v) is 6.69. The van der Waals surface area contributed by atoms with E-state index in [1.807, 2.05) is 17.1 Å². The molecule has 1 rings (SSSR count). The fourth-order valence-corrected chi connectivity index (χ4v) is 4.77. The van der Waals surface area contributed by atoms with Gasteiger partial charge in [-0.05, 0) is 0 Å². The van der Waals surface area contributed by atoms with Crippen LogP contribution in [-0.4, -0.2) is 28.7 Å². The second kappa shape index (κ2) is 3.76. The van der Waals surface area contributed by atoms with Crippen LogP contribution < -0.4 is 0 Å². The van der Waals surface area contributed by atoms with E-state index in [0.29, 0.717) is 0 Å². The Morgan fingerprint density at radius 2 is 1.92 bits per heavy atom. The Morgan fingerprint density at radius 1 is 1.25 bits per heavy atom. The summed E-state index contributed by atoms with van der Waals surface area (Å²) < 4.78 is 0.936. The molecule has 0 N–H and O–H groups in total. The zero-order chi connectivity index (χ0) is 9.14. The molecule has 0 saturated carbocycles. The number of carbonyl (C=O) groups excluding carboxylic acids is 2. The van der Waals surface area contributed by atoms with E-state index >= 15 is 0 Å². The van der Waals surface area contributed by atoms with Crippen LogP contribution in [0.4, 0.5) is 0 Å². The van der Waals surface area contributed by atoms with E-state index in [2.05, 4.69) is 0 Å². The van der Waals surface area contributed by atoms with Crippen LogP contribution in [0, 0.1) is 0 Å². The first kappa shape index (κ1) is 9.32. The monoisotopic (exact) mass is 224 g/mol. The van der Waals surface area contributed by atoms with Crippen molar-refractivity contribution in [3.63, 3.8) is 0 Å². The molecule has 1 aliphatic heterocycles. The van der Waals surface area contributed by atoms with Gasteiger partial charge in [0.25, 0.3) is 0 Å². The molecule has 0 aromatic heterocycles. The van der Waals surface area contributed by atoms with E-state index in [9.17, 15) is 9.59 Å². The molecule has 0 aromatic rings. The molecule has 0 saturated heterocycles. The summed E-state index contributed by atoms with van der Waals surface area (Å²) in [5.74, 6) is 0.0424. The maximum atomic E-state index is 11.1. The van der Waals surface area contributed by atoms with E-state index in [1.165, 1.54) is 6.92 Å². The third-order valence-electron chi connectivity index (χ3n) is 1.69. The zero-order valence-electron chi connectivity index (χ0n) is 7.13. The van der Waals surface area contributed by atoms with Gasteiger partial charge in [0.15, 0.2) is 0 Å². The molecule has 12 heavy (non-hydrogen) atoms. The van der Waals surface area contributed by atoms with E-state index < -0.39 is 13.9 Å². The van der Waals surface area contributed by atoms with Crippen molar-refractivity contribution >= 4 is 28.7 Å². The van der Waals surface area contributed by atoms with Gasteiger partial charge in [-0.25, -0.2) is 0 Å². The van der Waals surface area contributed by atoms with Crippen LogP contribution in [0.15, 0.2) is 23.1 Å². The van der Waals surface area contributed by atoms with Gasteiger partial charge in [-0.1, -0.05) is 0 Å². The van der Waals surface area contributed by atoms with Gasteiger partial charge in [0.1, 0.15) is 0 Å². The fourth-order valence-electron chi connectivity index (χ4n) is 1.10. The Balaban J connectivity index is 3.20. The van der Waals surface area contributed by atoms with Crippen LogP contribution in [0.25, 0.3) is 0 Å². The number of hydrogen-bond acceptors (Lipinski definition) is 2. The van der Waals surface area contributed by atoms with Crippen LogP contribution in [0.1, 0.15) is 13.8 Å². The summed E-state index contributed by atoms with van der Waals surface area (Å²) in [7, 11) is 0. The second-order valence-corrected chi connectivity index (χ2v) is 7.70. The quantitative estimate of drug-likeness (QED) is 0.642. The van der Waals surface area contributed by atoms with Gasteiger partial charge >= 0.3 is 75.2 Å². The first-order chi connectivity index (χ1) is 5.63. The van der Waals surface area contributed by atoms with Gasteiger partial charge in [-0.15, -0.1) is 0 Å². The molecule has 2 nitrogen and oxygen atoms in total. The van der Waals surface area contributed by atoms with Crippen LogP contribution >= 0.6 is 0 Å². The second-order valence-electron chi connectivity index (χ2n) is 2.66. The summed E-state index contributed by atoms with van der Waals surface area (Å²) in [4.78, 5) is 24.1. The molecule has 0 spiro atoms. The summed E-state index contributed by atoms with van der Waals surface area (Å²) in [5.41, 5.74) is 0. The van der Waals surface area contributed by atoms with Crippen molar-refractivity contribution in [2.75, 3.05) is 0 Å². The average Bonchev–Trinajstić information content (AvgIpc) is 2.04. The Hall–Kier alpha value is -0.767. The summed E-state index contributed by atoms with van der Waals surface area (Å²) in [6, 6.07) is 0. The van der Waals surface area contributed by atoms with Crippen molar-refractivity contribution in [3.8, 4) is 0 Å². The van der Waals surface area contributed by atoms with Gasteiger partial charge in [-0.2, -0.15) is 0 Å². The Morgan fingerprint density at radius 3 is 2.33 bits per heavy atom. The molecular formula is C9H10GeO2. The summed E-state index contributed by atoms with van der Waals surface area (Å²) in [6.07, 6.45) is 5.46. The van der Waals surface area contributed by atoms with Crippen molar-refractivity contribution < 1.29 is 9.59 Å². The number of Topliss-reactive ketones (excluding diaryl/α,β-unsaturated/α-hetero) is 1. The van der Waals surface area contributed by atoms with E-state index in [-0.39, 0.29) is 10.4 Å². The Kier molecular flexibility index (Phi) is 2.92. The van der Waals surface area contributed by atoms with Crippen molar-refractivity contribution in [2.45, 2.75) is 13.8 Å². The van der Waals surface area contributed by atoms with Gasteiger partial charge in [0.05, 0.1) is 0 Å². The molecular weight excluding hydrogens is 213 g/mol. The van der Waals surface area contributed by atoms with Crippen molar-refractivity contribution in [1.82, 2.24) is 0 Å². The van der Waals surface area contributed by atoms with Crippen LogP contribution in [0.2, 0.25) is 0 Å². The minimum absolute atomic E-state index is 0.0424. The van der Waals surface area contributed by atoms with E-state index in [0.717, 1.165) is 4.35 Å². The molecule has 0 amide bonds. The molecule has 0 radical (unpaired) electrons. The van der Waals surface area contributed by atoms with E-state index in [1.54, 1.807) is 13.0 Å². The standard InChI is InChI=1S/C9H10GeO2/c1-7(11)9-5-3-4-6-10(9)8(2)12/h3-6H,1-2H3. The van der Waals surface area contributed by atoms with Crippen LogP contribution in [0.5, 0.6) is 0 Å². The summed E-state index contributed by atoms with van der Waals surface area (Å²) >= 11 is -1.99. The normalized spacial score (nSPS) is 15.2. The average molecular weight is 223 g/mol. The molecule has 1 aliphatic rings. The third kappa shape index (κ3) is 1.88. The molecule has 0 fully saturated rings. The SMILES string of the molecule is CC(=O)[C]1=[Ge]([C](C)=O)[CH]=CC=C1. The predicted molar refractivity (Wildman–Crippen MR) is 50.4 cm³/mol. The van der Waals surface area contributed by atoms with Gasteiger partial charge < -0.3 is 0 Å². The number of rotatable bonds is 2. The molecule has 0 aromatic carbocycles. The molecule has 3 heteroatoms. The molecule has 0 aliphatic carbocycles. The molecule has 0 bridgehead atoms. The number of carbonyl (C=O) groups is 2. The number of allylic oxidation sites excluding steroid dienone is 3. The van der Waals surface area contributed by atoms with Crippen molar-refractivity contribution in [3.05, 3.63) is 23.1 Å². The number of ketones is 1. The molecule has 0 unspecified atom stereocenters. The molecule has 62 valence electrons. The molecule has 0 atom stereocenters. The first-order valence-corrected chi connectivity index (χ1v) is 7.04. The van der Waals surface area contributed by atoms with Crippen LogP contribution in [-0.2, 0) is 9.59 Å². The van der Waals surface area contributed by atoms with Gasteiger partial charge in [0.2, 0.25) is 0 Å². The minimum atomic E-state index is -1.99. The first-order valence-electron chi connectivity index (χ1n) is 3.74.